The van der Waals surface area contributed by atoms with Gasteiger partial charge in [-0.15, -0.1) is 11.3 Å². The molecule has 4 heteroatoms. The van der Waals surface area contributed by atoms with E-state index >= 15 is 0 Å². The van der Waals surface area contributed by atoms with E-state index in [1.54, 1.807) is 11.3 Å². The molecule has 0 amide bonds. The number of hydrogen-bond donors (Lipinski definition) is 1. The molecular formula is C13H9N3S. The number of benzene rings is 1. The minimum Gasteiger partial charge on any atom is -0.337 e. The Morgan fingerprint density at radius 2 is 2.29 bits per heavy atom. The van der Waals surface area contributed by atoms with E-state index < -0.39 is 0 Å². The van der Waals surface area contributed by atoms with Crippen molar-refractivity contribution in [2.75, 3.05) is 0 Å². The summed E-state index contributed by atoms with van der Waals surface area (Å²) in [5.74, 6) is 0.893. The standard InChI is InChI=1S/C13H9N3S/c14-6-5-9-3-4-10-11(8-9)16-13(15-10)12-2-1-7-17-12/h1-4,7-8H,5H2,(H,15,16). The number of rotatable bonds is 2. The lowest BCUT2D eigenvalue weighted by molar-refractivity contribution is 1.27. The smallest absolute Gasteiger partial charge is 0.148 e. The Labute approximate surface area is 102 Å². The first-order chi connectivity index (χ1) is 8.36. The van der Waals surface area contributed by atoms with Crippen LogP contribution in [0.1, 0.15) is 5.56 Å². The van der Waals surface area contributed by atoms with E-state index in [0.29, 0.717) is 6.42 Å². The monoisotopic (exact) mass is 239 g/mol. The first kappa shape index (κ1) is 10.1. The Hall–Kier alpha value is -2.12. The average molecular weight is 239 g/mol. The number of nitrogens with one attached hydrogen (secondary N) is 1. The van der Waals surface area contributed by atoms with E-state index in [4.69, 9.17) is 5.26 Å². The van der Waals surface area contributed by atoms with Crippen molar-refractivity contribution < 1.29 is 0 Å². The van der Waals surface area contributed by atoms with Crippen molar-refractivity contribution in [2.45, 2.75) is 6.42 Å². The van der Waals surface area contributed by atoms with Crippen LogP contribution in [0.2, 0.25) is 0 Å². The van der Waals surface area contributed by atoms with Crippen molar-refractivity contribution in [3.05, 3.63) is 41.3 Å². The Balaban J connectivity index is 2.10. The fraction of sp³-hybridized carbons (Fsp3) is 0.0769. The normalized spacial score (nSPS) is 10.5. The van der Waals surface area contributed by atoms with Crippen molar-refractivity contribution in [3.63, 3.8) is 0 Å². The van der Waals surface area contributed by atoms with Gasteiger partial charge >= 0.3 is 0 Å². The van der Waals surface area contributed by atoms with E-state index in [0.717, 1.165) is 27.3 Å². The molecule has 0 unspecified atom stereocenters. The lowest BCUT2D eigenvalue weighted by Crippen LogP contribution is -1.80. The van der Waals surface area contributed by atoms with Crippen molar-refractivity contribution in [1.29, 1.82) is 5.26 Å². The Morgan fingerprint density at radius 3 is 3.06 bits per heavy atom. The zero-order chi connectivity index (χ0) is 11.7. The molecule has 0 atom stereocenters. The molecule has 0 aliphatic heterocycles. The SMILES string of the molecule is N#CCc1ccc2nc(-c3cccs3)[nH]c2c1. The third-order valence-corrected chi connectivity index (χ3v) is 3.46. The lowest BCUT2D eigenvalue weighted by Gasteiger charge is -1.92. The Morgan fingerprint density at radius 1 is 1.35 bits per heavy atom. The van der Waals surface area contributed by atoms with Gasteiger partial charge in [-0.05, 0) is 29.1 Å². The van der Waals surface area contributed by atoms with Gasteiger partial charge in [-0.1, -0.05) is 12.1 Å². The predicted molar refractivity (Wildman–Crippen MR) is 68.7 cm³/mol. The molecule has 82 valence electrons. The minimum absolute atomic E-state index is 0.434. The van der Waals surface area contributed by atoms with Crippen LogP contribution in [0.25, 0.3) is 21.7 Å². The van der Waals surface area contributed by atoms with Gasteiger partial charge in [-0.2, -0.15) is 5.26 Å². The highest BCUT2D eigenvalue weighted by Crippen LogP contribution is 2.24. The van der Waals surface area contributed by atoms with Gasteiger partial charge in [-0.3, -0.25) is 0 Å². The maximum atomic E-state index is 8.67. The van der Waals surface area contributed by atoms with Gasteiger partial charge in [0.05, 0.1) is 28.4 Å². The van der Waals surface area contributed by atoms with Gasteiger partial charge in [0, 0.05) is 0 Å². The maximum absolute atomic E-state index is 8.67. The third kappa shape index (κ3) is 1.81. The summed E-state index contributed by atoms with van der Waals surface area (Å²) in [5, 5.41) is 10.7. The number of thiophene rings is 1. The topological polar surface area (TPSA) is 52.5 Å². The molecule has 3 nitrogen and oxygen atoms in total. The van der Waals surface area contributed by atoms with Crippen LogP contribution in [0.15, 0.2) is 35.7 Å². The molecule has 2 heterocycles. The van der Waals surface area contributed by atoms with Gasteiger partial charge in [-0.25, -0.2) is 4.98 Å². The molecule has 1 aromatic carbocycles. The number of hydrogen-bond acceptors (Lipinski definition) is 3. The Kier molecular flexibility index (Phi) is 2.39. The molecule has 0 aliphatic rings. The second kappa shape index (κ2) is 4.04. The molecule has 0 fully saturated rings. The Bertz CT molecular complexity index is 689. The quantitative estimate of drug-likeness (QED) is 0.745. The molecule has 3 rings (SSSR count). The second-order valence-corrected chi connectivity index (χ2v) is 4.70. The molecular weight excluding hydrogens is 230 g/mol. The summed E-state index contributed by atoms with van der Waals surface area (Å²) in [6.45, 7) is 0. The summed E-state index contributed by atoms with van der Waals surface area (Å²) in [6.07, 6.45) is 0.434. The third-order valence-electron chi connectivity index (χ3n) is 2.58. The largest absolute Gasteiger partial charge is 0.337 e. The number of nitrogens with zero attached hydrogens (tertiary/aromatic N) is 2. The molecule has 0 aliphatic carbocycles. The lowest BCUT2D eigenvalue weighted by atomic mass is 10.1. The molecule has 0 saturated carbocycles. The van der Waals surface area contributed by atoms with Crippen molar-refractivity contribution in [3.8, 4) is 16.8 Å². The van der Waals surface area contributed by atoms with Gasteiger partial charge in [0.1, 0.15) is 5.82 Å². The molecule has 0 saturated heterocycles. The van der Waals surface area contributed by atoms with Gasteiger partial charge in [0.25, 0.3) is 0 Å². The zero-order valence-corrected chi connectivity index (χ0v) is 9.79. The van der Waals surface area contributed by atoms with Crippen molar-refractivity contribution in [2.24, 2.45) is 0 Å². The zero-order valence-electron chi connectivity index (χ0n) is 8.97. The van der Waals surface area contributed by atoms with Gasteiger partial charge < -0.3 is 4.98 Å². The highest BCUT2D eigenvalue weighted by Gasteiger charge is 2.06. The van der Waals surface area contributed by atoms with Gasteiger partial charge in [0.2, 0.25) is 0 Å². The molecule has 2 aromatic heterocycles. The molecule has 0 radical (unpaired) electrons. The molecule has 17 heavy (non-hydrogen) atoms. The number of aromatic nitrogens is 2. The number of aromatic amines is 1. The number of fused-ring (bicyclic) bond motifs is 1. The van der Waals surface area contributed by atoms with Crippen LogP contribution in [0.4, 0.5) is 0 Å². The van der Waals surface area contributed by atoms with E-state index in [-0.39, 0.29) is 0 Å². The number of nitriles is 1. The number of imidazole rings is 1. The van der Waals surface area contributed by atoms with Crippen molar-refractivity contribution >= 4 is 22.4 Å². The van der Waals surface area contributed by atoms with Crippen LogP contribution in [-0.2, 0) is 6.42 Å². The predicted octanol–water partition coefficient (Wildman–Crippen LogP) is 3.36. The van der Waals surface area contributed by atoms with Crippen LogP contribution >= 0.6 is 11.3 Å². The first-order valence-electron chi connectivity index (χ1n) is 5.26. The van der Waals surface area contributed by atoms with Crippen LogP contribution in [0.3, 0.4) is 0 Å². The highest BCUT2D eigenvalue weighted by atomic mass is 32.1. The second-order valence-electron chi connectivity index (χ2n) is 3.75. The fourth-order valence-electron chi connectivity index (χ4n) is 1.79. The molecule has 3 aromatic rings. The summed E-state index contributed by atoms with van der Waals surface area (Å²) in [7, 11) is 0. The van der Waals surface area contributed by atoms with Crippen molar-refractivity contribution in [1.82, 2.24) is 9.97 Å². The summed E-state index contributed by atoms with van der Waals surface area (Å²) in [6, 6.07) is 12.1. The summed E-state index contributed by atoms with van der Waals surface area (Å²) in [5.41, 5.74) is 2.94. The maximum Gasteiger partial charge on any atom is 0.148 e. The van der Waals surface area contributed by atoms with Gasteiger partial charge in [0.15, 0.2) is 0 Å². The van der Waals surface area contributed by atoms with Crippen LogP contribution < -0.4 is 0 Å². The average Bonchev–Trinajstić information content (AvgIpc) is 2.97. The number of H-pyrrole nitrogens is 1. The summed E-state index contributed by atoms with van der Waals surface area (Å²) in [4.78, 5) is 8.94. The first-order valence-corrected chi connectivity index (χ1v) is 6.14. The fourth-order valence-corrected chi connectivity index (χ4v) is 2.46. The molecule has 0 spiro atoms. The minimum atomic E-state index is 0.434. The van der Waals surface area contributed by atoms with Crippen LogP contribution in [0.5, 0.6) is 0 Å². The summed E-state index contributed by atoms with van der Waals surface area (Å²) >= 11 is 1.66. The highest BCUT2D eigenvalue weighted by molar-refractivity contribution is 7.13. The van der Waals surface area contributed by atoms with E-state index in [1.807, 2.05) is 35.7 Å². The van der Waals surface area contributed by atoms with E-state index in [9.17, 15) is 0 Å². The van der Waals surface area contributed by atoms with E-state index in [1.165, 1.54) is 0 Å². The molecule has 0 bridgehead atoms. The summed E-state index contributed by atoms with van der Waals surface area (Å²) < 4.78 is 0. The van der Waals surface area contributed by atoms with E-state index in [2.05, 4.69) is 16.0 Å². The molecule has 1 N–H and O–H groups in total. The van der Waals surface area contributed by atoms with Crippen LogP contribution in [0, 0.1) is 11.3 Å². The van der Waals surface area contributed by atoms with Crippen LogP contribution in [-0.4, -0.2) is 9.97 Å².